The van der Waals surface area contributed by atoms with Gasteiger partial charge in [0.1, 0.15) is 0 Å². The summed E-state index contributed by atoms with van der Waals surface area (Å²) in [7, 11) is 3.49. The minimum atomic E-state index is 0.0304. The van der Waals surface area contributed by atoms with Crippen LogP contribution in [0.15, 0.2) is 24.4 Å². The summed E-state index contributed by atoms with van der Waals surface area (Å²) in [5.74, 6) is 1.82. The highest BCUT2D eigenvalue weighted by atomic mass is 33.1. The molecular formula is C11H17N3OS2. The fraction of sp³-hybridized carbons (Fsp3) is 0.455. The van der Waals surface area contributed by atoms with Crippen molar-refractivity contribution in [3.05, 3.63) is 30.1 Å². The molecule has 1 rings (SSSR count). The van der Waals surface area contributed by atoms with Crippen molar-refractivity contribution < 1.29 is 4.79 Å². The smallest absolute Gasteiger partial charge is 0.221 e. The predicted octanol–water partition coefficient (Wildman–Crippen LogP) is 1.43. The SMILES string of the molecule is NCCC(=O)NCCSSCc1ccccn1. The van der Waals surface area contributed by atoms with E-state index in [1.165, 1.54) is 0 Å². The zero-order valence-electron chi connectivity index (χ0n) is 9.59. The molecule has 1 aromatic rings. The van der Waals surface area contributed by atoms with E-state index in [0.29, 0.717) is 19.5 Å². The summed E-state index contributed by atoms with van der Waals surface area (Å²) in [6, 6.07) is 5.91. The first-order chi connectivity index (χ1) is 8.33. The van der Waals surface area contributed by atoms with Crippen LogP contribution in [0, 0.1) is 0 Å². The van der Waals surface area contributed by atoms with Gasteiger partial charge >= 0.3 is 0 Å². The number of rotatable bonds is 8. The van der Waals surface area contributed by atoms with Crippen molar-refractivity contribution in [1.29, 1.82) is 0 Å². The van der Waals surface area contributed by atoms with Gasteiger partial charge in [-0.1, -0.05) is 27.7 Å². The Balaban J connectivity index is 1.96. The lowest BCUT2D eigenvalue weighted by atomic mass is 10.4. The van der Waals surface area contributed by atoms with Crippen LogP contribution in [0.5, 0.6) is 0 Å². The maximum atomic E-state index is 11.1. The van der Waals surface area contributed by atoms with Crippen molar-refractivity contribution >= 4 is 27.5 Å². The van der Waals surface area contributed by atoms with Crippen molar-refractivity contribution in [3.8, 4) is 0 Å². The number of carbonyl (C=O) groups is 1. The molecule has 0 spiro atoms. The summed E-state index contributed by atoms with van der Waals surface area (Å²) in [6.07, 6.45) is 2.21. The maximum absolute atomic E-state index is 11.1. The summed E-state index contributed by atoms with van der Waals surface area (Å²) in [4.78, 5) is 15.3. The molecule has 0 bridgehead atoms. The molecule has 3 N–H and O–H groups in total. The van der Waals surface area contributed by atoms with Crippen LogP contribution in [0.4, 0.5) is 0 Å². The van der Waals surface area contributed by atoms with Crippen LogP contribution in [-0.2, 0) is 10.5 Å². The van der Waals surface area contributed by atoms with E-state index < -0.39 is 0 Å². The molecule has 94 valence electrons. The number of pyridine rings is 1. The molecular weight excluding hydrogens is 254 g/mol. The summed E-state index contributed by atoms with van der Waals surface area (Å²) in [5, 5.41) is 2.81. The van der Waals surface area contributed by atoms with Gasteiger partial charge in [0.25, 0.3) is 0 Å². The number of nitrogens with two attached hydrogens (primary N) is 1. The van der Waals surface area contributed by atoms with Gasteiger partial charge in [-0.2, -0.15) is 0 Å². The third-order valence-electron chi connectivity index (χ3n) is 1.90. The minimum Gasteiger partial charge on any atom is -0.355 e. The Morgan fingerprint density at radius 2 is 2.29 bits per heavy atom. The molecule has 4 nitrogen and oxygen atoms in total. The van der Waals surface area contributed by atoms with E-state index in [4.69, 9.17) is 5.73 Å². The average Bonchev–Trinajstić information content (AvgIpc) is 2.35. The summed E-state index contributed by atoms with van der Waals surface area (Å²) in [5.41, 5.74) is 6.35. The Hall–Kier alpha value is -0.720. The largest absolute Gasteiger partial charge is 0.355 e. The van der Waals surface area contributed by atoms with Crippen molar-refractivity contribution in [2.45, 2.75) is 12.2 Å². The molecule has 0 aliphatic carbocycles. The highest BCUT2D eigenvalue weighted by Gasteiger charge is 1.98. The summed E-state index contributed by atoms with van der Waals surface area (Å²) < 4.78 is 0. The van der Waals surface area contributed by atoms with Crippen molar-refractivity contribution in [1.82, 2.24) is 10.3 Å². The summed E-state index contributed by atoms with van der Waals surface area (Å²) >= 11 is 0. The van der Waals surface area contributed by atoms with Crippen LogP contribution < -0.4 is 11.1 Å². The Morgan fingerprint density at radius 3 is 3.00 bits per heavy atom. The van der Waals surface area contributed by atoms with Gasteiger partial charge in [0.05, 0.1) is 5.69 Å². The lowest BCUT2D eigenvalue weighted by Gasteiger charge is -2.03. The highest BCUT2D eigenvalue weighted by Crippen LogP contribution is 2.24. The fourth-order valence-electron chi connectivity index (χ4n) is 1.10. The number of nitrogens with one attached hydrogen (secondary N) is 1. The second kappa shape index (κ2) is 9.32. The Morgan fingerprint density at radius 1 is 1.41 bits per heavy atom. The third-order valence-corrected chi connectivity index (χ3v) is 4.20. The molecule has 0 aliphatic rings. The number of nitrogens with zero attached hydrogens (tertiary/aromatic N) is 1. The van der Waals surface area contributed by atoms with E-state index >= 15 is 0 Å². The van der Waals surface area contributed by atoms with Gasteiger partial charge in [-0.05, 0) is 12.1 Å². The quantitative estimate of drug-likeness (QED) is 0.553. The molecule has 1 amide bonds. The fourth-order valence-corrected chi connectivity index (χ4v) is 2.99. The number of amides is 1. The van der Waals surface area contributed by atoms with Crippen LogP contribution in [0.3, 0.4) is 0 Å². The Bertz CT molecular complexity index is 322. The molecule has 0 fully saturated rings. The summed E-state index contributed by atoms with van der Waals surface area (Å²) in [6.45, 7) is 1.10. The molecule has 0 saturated heterocycles. The third kappa shape index (κ3) is 7.25. The number of hydrogen-bond acceptors (Lipinski definition) is 5. The monoisotopic (exact) mass is 271 g/mol. The van der Waals surface area contributed by atoms with Gasteiger partial charge in [0, 0.05) is 37.2 Å². The van der Waals surface area contributed by atoms with Crippen LogP contribution in [0.2, 0.25) is 0 Å². The van der Waals surface area contributed by atoms with Crippen LogP contribution >= 0.6 is 21.6 Å². The van der Waals surface area contributed by atoms with Crippen molar-refractivity contribution in [2.24, 2.45) is 5.73 Å². The van der Waals surface area contributed by atoms with Gasteiger partial charge in [0.15, 0.2) is 0 Å². The second-order valence-electron chi connectivity index (χ2n) is 3.29. The maximum Gasteiger partial charge on any atom is 0.221 e. The first-order valence-electron chi connectivity index (χ1n) is 5.44. The number of aromatic nitrogens is 1. The lowest BCUT2D eigenvalue weighted by molar-refractivity contribution is -0.120. The van der Waals surface area contributed by atoms with Gasteiger partial charge in [-0.3, -0.25) is 9.78 Å². The van der Waals surface area contributed by atoms with Crippen molar-refractivity contribution in [2.75, 3.05) is 18.8 Å². The molecule has 6 heteroatoms. The van der Waals surface area contributed by atoms with E-state index in [1.54, 1.807) is 27.8 Å². The second-order valence-corrected chi connectivity index (χ2v) is 5.88. The molecule has 0 aromatic carbocycles. The van der Waals surface area contributed by atoms with E-state index in [9.17, 15) is 4.79 Å². The van der Waals surface area contributed by atoms with E-state index in [1.807, 2.05) is 18.2 Å². The van der Waals surface area contributed by atoms with Gasteiger partial charge in [-0.15, -0.1) is 0 Å². The molecule has 0 aliphatic heterocycles. The zero-order chi connectivity index (χ0) is 12.3. The van der Waals surface area contributed by atoms with Gasteiger partial charge < -0.3 is 11.1 Å². The molecule has 0 saturated carbocycles. The van der Waals surface area contributed by atoms with Crippen LogP contribution in [0.1, 0.15) is 12.1 Å². The minimum absolute atomic E-state index is 0.0304. The number of hydrogen-bond donors (Lipinski definition) is 2. The lowest BCUT2D eigenvalue weighted by Crippen LogP contribution is -2.27. The molecule has 1 heterocycles. The molecule has 0 atom stereocenters. The predicted molar refractivity (Wildman–Crippen MR) is 74.7 cm³/mol. The topological polar surface area (TPSA) is 68.0 Å². The Kier molecular flexibility index (Phi) is 7.87. The van der Waals surface area contributed by atoms with E-state index in [0.717, 1.165) is 17.2 Å². The van der Waals surface area contributed by atoms with E-state index in [-0.39, 0.29) is 5.91 Å². The normalized spacial score (nSPS) is 10.2. The molecule has 1 aromatic heterocycles. The number of carbonyl (C=O) groups excluding carboxylic acids is 1. The highest BCUT2D eigenvalue weighted by molar-refractivity contribution is 8.76. The molecule has 0 radical (unpaired) electrons. The molecule has 0 unspecified atom stereocenters. The zero-order valence-corrected chi connectivity index (χ0v) is 11.2. The average molecular weight is 271 g/mol. The van der Waals surface area contributed by atoms with E-state index in [2.05, 4.69) is 10.3 Å². The Labute approximate surface area is 110 Å². The van der Waals surface area contributed by atoms with Crippen molar-refractivity contribution in [3.63, 3.8) is 0 Å². The molecule has 17 heavy (non-hydrogen) atoms. The first-order valence-corrected chi connectivity index (χ1v) is 7.93. The standard InChI is InChI=1S/C11H17N3OS2/c12-5-4-11(15)14-7-8-16-17-9-10-3-1-2-6-13-10/h1-3,6H,4-5,7-9,12H2,(H,14,15). The van der Waals surface area contributed by atoms with Crippen LogP contribution in [-0.4, -0.2) is 29.7 Å². The van der Waals surface area contributed by atoms with Crippen LogP contribution in [0.25, 0.3) is 0 Å². The first kappa shape index (κ1) is 14.3. The van der Waals surface area contributed by atoms with Gasteiger partial charge in [0.2, 0.25) is 5.91 Å². The van der Waals surface area contributed by atoms with Gasteiger partial charge in [-0.25, -0.2) is 0 Å².